The summed E-state index contributed by atoms with van der Waals surface area (Å²) in [6.07, 6.45) is 0.570. The monoisotopic (exact) mass is 299 g/mol. The van der Waals surface area contributed by atoms with Crippen molar-refractivity contribution in [1.82, 2.24) is 4.72 Å². The molecule has 20 heavy (non-hydrogen) atoms. The van der Waals surface area contributed by atoms with Gasteiger partial charge in [-0.15, -0.1) is 0 Å². The van der Waals surface area contributed by atoms with Crippen molar-refractivity contribution in [3.05, 3.63) is 24.3 Å². The summed E-state index contributed by atoms with van der Waals surface area (Å²) in [5.41, 5.74) is 6.18. The number of carbonyl (C=O) groups excluding carboxylic acids is 1. The predicted octanol–water partition coefficient (Wildman–Crippen LogP) is 0.907. The van der Waals surface area contributed by atoms with Crippen molar-refractivity contribution >= 4 is 21.6 Å². The first-order chi connectivity index (χ1) is 9.26. The largest absolute Gasteiger partial charge is 0.325 e. The van der Waals surface area contributed by atoms with E-state index in [2.05, 4.69) is 10.0 Å². The van der Waals surface area contributed by atoms with Crippen molar-refractivity contribution in [1.29, 1.82) is 0 Å². The fourth-order valence-corrected chi connectivity index (χ4v) is 2.48. The Balaban J connectivity index is 2.84. The Morgan fingerprint density at radius 3 is 2.55 bits per heavy atom. The zero-order chi connectivity index (χ0) is 15.3. The van der Waals surface area contributed by atoms with Gasteiger partial charge >= 0.3 is 0 Å². The molecular formula is C13H21N3O3S. The minimum atomic E-state index is -3.53. The first-order valence-corrected chi connectivity index (χ1v) is 7.84. The van der Waals surface area contributed by atoms with Gasteiger partial charge in [-0.2, -0.15) is 0 Å². The fraction of sp³-hybridized carbons (Fsp3) is 0.462. The Kier molecular flexibility index (Phi) is 5.67. The van der Waals surface area contributed by atoms with Crippen LogP contribution in [0, 0.1) is 5.92 Å². The first-order valence-electron chi connectivity index (χ1n) is 6.36. The van der Waals surface area contributed by atoms with Crippen LogP contribution < -0.4 is 15.8 Å². The van der Waals surface area contributed by atoms with Gasteiger partial charge in [0, 0.05) is 5.69 Å². The van der Waals surface area contributed by atoms with Crippen molar-refractivity contribution in [3.63, 3.8) is 0 Å². The van der Waals surface area contributed by atoms with E-state index in [4.69, 9.17) is 5.73 Å². The van der Waals surface area contributed by atoms with Crippen LogP contribution in [0.15, 0.2) is 29.2 Å². The van der Waals surface area contributed by atoms with E-state index >= 15 is 0 Å². The number of hydrogen-bond donors (Lipinski definition) is 3. The number of rotatable bonds is 6. The van der Waals surface area contributed by atoms with Gasteiger partial charge in [-0.25, -0.2) is 13.1 Å². The number of hydrogen-bond acceptors (Lipinski definition) is 4. The van der Waals surface area contributed by atoms with Crippen molar-refractivity contribution in [2.45, 2.75) is 31.2 Å². The summed E-state index contributed by atoms with van der Waals surface area (Å²) in [4.78, 5) is 12.0. The molecule has 0 aliphatic heterocycles. The van der Waals surface area contributed by atoms with E-state index in [0.717, 1.165) is 0 Å². The van der Waals surface area contributed by atoms with E-state index in [1.165, 1.54) is 19.2 Å². The van der Waals surface area contributed by atoms with Gasteiger partial charge in [-0.05, 0) is 37.6 Å². The summed E-state index contributed by atoms with van der Waals surface area (Å²) in [7, 11) is -2.20. The average Bonchev–Trinajstić information content (AvgIpc) is 2.38. The third-order valence-electron chi connectivity index (χ3n) is 2.74. The van der Waals surface area contributed by atoms with E-state index in [-0.39, 0.29) is 10.8 Å². The highest BCUT2D eigenvalue weighted by molar-refractivity contribution is 7.89. The van der Waals surface area contributed by atoms with Crippen LogP contribution in [-0.2, 0) is 14.8 Å². The summed E-state index contributed by atoms with van der Waals surface area (Å²) >= 11 is 0. The van der Waals surface area contributed by atoms with Gasteiger partial charge in [-0.1, -0.05) is 19.9 Å². The first kappa shape index (κ1) is 16.6. The Bertz CT molecular complexity index is 570. The molecule has 0 bridgehead atoms. The van der Waals surface area contributed by atoms with Crippen molar-refractivity contribution in [2.75, 3.05) is 12.4 Å². The minimum Gasteiger partial charge on any atom is -0.325 e. The lowest BCUT2D eigenvalue weighted by Gasteiger charge is -2.14. The molecule has 1 atom stereocenters. The third kappa shape index (κ3) is 4.59. The van der Waals surface area contributed by atoms with E-state index in [9.17, 15) is 13.2 Å². The highest BCUT2D eigenvalue weighted by Gasteiger charge is 2.16. The SMILES string of the molecule is CNS(=O)(=O)c1cccc(NC(=O)[C@H](N)CC(C)C)c1. The second-order valence-corrected chi connectivity index (χ2v) is 6.85. The van der Waals surface area contributed by atoms with Crippen LogP contribution in [0.4, 0.5) is 5.69 Å². The molecule has 1 aromatic carbocycles. The number of nitrogens with two attached hydrogens (primary N) is 1. The van der Waals surface area contributed by atoms with Gasteiger partial charge in [-0.3, -0.25) is 4.79 Å². The van der Waals surface area contributed by atoms with Crippen LogP contribution in [-0.4, -0.2) is 27.4 Å². The van der Waals surface area contributed by atoms with Crippen LogP contribution in [0.5, 0.6) is 0 Å². The van der Waals surface area contributed by atoms with E-state index in [1.807, 2.05) is 13.8 Å². The molecule has 0 saturated carbocycles. The molecule has 1 aromatic rings. The molecule has 0 aliphatic carbocycles. The topological polar surface area (TPSA) is 101 Å². The standard InChI is InChI=1S/C13H21N3O3S/c1-9(2)7-12(14)13(17)16-10-5-4-6-11(8-10)20(18,19)15-3/h4-6,8-9,12,15H,7,14H2,1-3H3,(H,16,17)/t12-/m1/s1. The molecule has 0 unspecified atom stereocenters. The normalized spacial score (nSPS) is 13.2. The molecule has 1 rings (SSSR count). The number of nitrogens with one attached hydrogen (secondary N) is 2. The second kappa shape index (κ2) is 6.83. The second-order valence-electron chi connectivity index (χ2n) is 4.96. The molecule has 112 valence electrons. The van der Waals surface area contributed by atoms with Gasteiger partial charge < -0.3 is 11.1 Å². The minimum absolute atomic E-state index is 0.0928. The number of carbonyl (C=O) groups is 1. The third-order valence-corrected chi connectivity index (χ3v) is 4.15. The van der Waals surface area contributed by atoms with Crippen LogP contribution >= 0.6 is 0 Å². The summed E-state index contributed by atoms with van der Waals surface area (Å²) in [5.74, 6) is -0.00976. The van der Waals surface area contributed by atoms with E-state index < -0.39 is 16.1 Å². The number of amides is 1. The summed E-state index contributed by atoms with van der Waals surface area (Å²) in [5, 5.41) is 2.63. The quantitative estimate of drug-likeness (QED) is 0.726. The predicted molar refractivity (Wildman–Crippen MR) is 78.7 cm³/mol. The molecule has 0 spiro atoms. The lowest BCUT2D eigenvalue weighted by Crippen LogP contribution is -2.36. The van der Waals surface area contributed by atoms with Crippen molar-refractivity contribution < 1.29 is 13.2 Å². The number of anilines is 1. The zero-order valence-electron chi connectivity index (χ0n) is 11.9. The Hall–Kier alpha value is -1.44. The molecule has 0 saturated heterocycles. The molecule has 0 fully saturated rings. The molecule has 0 aliphatic rings. The average molecular weight is 299 g/mol. The molecule has 4 N–H and O–H groups in total. The van der Waals surface area contributed by atoms with Crippen LogP contribution in [0.1, 0.15) is 20.3 Å². The molecule has 7 heteroatoms. The van der Waals surface area contributed by atoms with Crippen molar-refractivity contribution in [3.8, 4) is 0 Å². The van der Waals surface area contributed by atoms with Crippen LogP contribution in [0.25, 0.3) is 0 Å². The van der Waals surface area contributed by atoms with Gasteiger partial charge in [0.2, 0.25) is 15.9 Å². The van der Waals surface area contributed by atoms with E-state index in [1.54, 1.807) is 12.1 Å². The zero-order valence-corrected chi connectivity index (χ0v) is 12.7. The lowest BCUT2D eigenvalue weighted by molar-refractivity contribution is -0.117. The highest BCUT2D eigenvalue weighted by Crippen LogP contribution is 2.15. The molecule has 1 amide bonds. The van der Waals surface area contributed by atoms with Crippen LogP contribution in [0.3, 0.4) is 0 Å². The summed E-state index contributed by atoms with van der Waals surface area (Å²) in [6.45, 7) is 3.96. The van der Waals surface area contributed by atoms with Crippen molar-refractivity contribution in [2.24, 2.45) is 11.7 Å². The van der Waals surface area contributed by atoms with Gasteiger partial charge in [0.15, 0.2) is 0 Å². The number of sulfonamides is 1. The smallest absolute Gasteiger partial charge is 0.241 e. The lowest BCUT2D eigenvalue weighted by atomic mass is 10.0. The Morgan fingerprint density at radius 2 is 2.00 bits per heavy atom. The molecule has 0 radical (unpaired) electrons. The molecule has 0 aromatic heterocycles. The maximum absolute atomic E-state index is 11.9. The summed E-state index contributed by atoms with van der Waals surface area (Å²) in [6, 6.07) is 5.42. The van der Waals surface area contributed by atoms with Gasteiger partial charge in [0.05, 0.1) is 10.9 Å². The highest BCUT2D eigenvalue weighted by atomic mass is 32.2. The number of benzene rings is 1. The maximum Gasteiger partial charge on any atom is 0.241 e. The fourth-order valence-electron chi connectivity index (χ4n) is 1.71. The van der Waals surface area contributed by atoms with E-state index in [0.29, 0.717) is 18.0 Å². The molecule has 6 nitrogen and oxygen atoms in total. The summed E-state index contributed by atoms with van der Waals surface area (Å²) < 4.78 is 25.6. The van der Waals surface area contributed by atoms with Gasteiger partial charge in [0.25, 0.3) is 0 Å². The Labute approximate surface area is 119 Å². The van der Waals surface area contributed by atoms with Crippen LogP contribution in [0.2, 0.25) is 0 Å². The Morgan fingerprint density at radius 1 is 1.35 bits per heavy atom. The molecule has 0 heterocycles. The molecular weight excluding hydrogens is 278 g/mol. The van der Waals surface area contributed by atoms with Gasteiger partial charge in [0.1, 0.15) is 0 Å². The maximum atomic E-state index is 11.9.